The van der Waals surface area contributed by atoms with Crippen LogP contribution in [-0.4, -0.2) is 18.9 Å². The predicted octanol–water partition coefficient (Wildman–Crippen LogP) is 4.82. The molecule has 0 atom stereocenters. The molecule has 0 aliphatic carbocycles. The molecule has 0 spiro atoms. The topological polar surface area (TPSA) is 43.4 Å². The molecule has 0 saturated heterocycles. The second kappa shape index (κ2) is 16.2. The second-order valence-corrected chi connectivity index (χ2v) is 5.46. The highest BCUT2D eigenvalue weighted by atomic mass is 16.5. The maximum atomic E-state index is 11.4. The van der Waals surface area contributed by atoms with Crippen LogP contribution >= 0.6 is 0 Å². The van der Waals surface area contributed by atoms with E-state index in [0.29, 0.717) is 19.4 Å². The number of ether oxygens (including phenoxy) is 1. The van der Waals surface area contributed by atoms with Crippen molar-refractivity contribution in [2.45, 2.75) is 90.4 Å². The number of hydrogen-bond acceptors (Lipinski definition) is 3. The first-order valence-corrected chi connectivity index (χ1v) is 8.40. The molecule has 0 aliphatic rings. The summed E-state index contributed by atoms with van der Waals surface area (Å²) >= 11 is 0. The molecule has 0 unspecified atom stereocenters. The largest absolute Gasteiger partial charge is 0.466 e. The van der Waals surface area contributed by atoms with Crippen LogP contribution in [0.4, 0.5) is 0 Å². The van der Waals surface area contributed by atoms with Crippen molar-refractivity contribution in [3.63, 3.8) is 0 Å². The summed E-state index contributed by atoms with van der Waals surface area (Å²) in [6.45, 7) is 2.81. The molecule has 0 aromatic carbocycles. The van der Waals surface area contributed by atoms with Gasteiger partial charge in [-0.05, 0) is 19.3 Å². The lowest BCUT2D eigenvalue weighted by Crippen LogP contribution is -2.05. The molecular formula is C17H32O3. The molecule has 0 amide bonds. The van der Waals surface area contributed by atoms with E-state index in [9.17, 15) is 9.59 Å². The summed E-state index contributed by atoms with van der Waals surface area (Å²) < 4.78 is 5.20. The van der Waals surface area contributed by atoms with Crippen LogP contribution in [0.25, 0.3) is 0 Å². The number of esters is 1. The molecule has 0 saturated carbocycles. The van der Waals surface area contributed by atoms with Crippen molar-refractivity contribution in [3.8, 4) is 0 Å². The van der Waals surface area contributed by atoms with E-state index in [0.717, 1.165) is 38.4 Å². The summed E-state index contributed by atoms with van der Waals surface area (Å²) in [5.74, 6) is -0.0635. The average Bonchev–Trinajstić information content (AvgIpc) is 2.45. The zero-order chi connectivity index (χ0) is 14.9. The van der Waals surface area contributed by atoms with E-state index in [-0.39, 0.29) is 5.97 Å². The van der Waals surface area contributed by atoms with Gasteiger partial charge in [0.2, 0.25) is 0 Å². The van der Waals surface area contributed by atoms with Crippen molar-refractivity contribution in [1.29, 1.82) is 0 Å². The third-order valence-corrected chi connectivity index (χ3v) is 3.46. The normalized spacial score (nSPS) is 10.4. The standard InChI is InChI=1S/C17H32O3/c1-2-3-4-5-6-10-13-16-20-17(19)14-11-8-7-9-12-15-18/h15H,2-14,16H2,1H3. The minimum Gasteiger partial charge on any atom is -0.466 e. The molecule has 0 aromatic rings. The SMILES string of the molecule is CCCCCCCCCOC(=O)CCCCCCC=O. The highest BCUT2D eigenvalue weighted by Crippen LogP contribution is 2.08. The van der Waals surface area contributed by atoms with Gasteiger partial charge in [-0.3, -0.25) is 4.79 Å². The molecule has 0 aliphatic heterocycles. The smallest absolute Gasteiger partial charge is 0.305 e. The van der Waals surface area contributed by atoms with E-state index in [2.05, 4.69) is 6.92 Å². The molecule has 0 radical (unpaired) electrons. The van der Waals surface area contributed by atoms with Crippen LogP contribution in [0.5, 0.6) is 0 Å². The Balaban J connectivity index is 3.14. The Labute approximate surface area is 124 Å². The van der Waals surface area contributed by atoms with Crippen LogP contribution in [0, 0.1) is 0 Å². The Morgan fingerprint density at radius 3 is 2.15 bits per heavy atom. The van der Waals surface area contributed by atoms with E-state index < -0.39 is 0 Å². The van der Waals surface area contributed by atoms with Crippen molar-refractivity contribution in [1.82, 2.24) is 0 Å². The highest BCUT2D eigenvalue weighted by molar-refractivity contribution is 5.69. The lowest BCUT2D eigenvalue weighted by Gasteiger charge is -2.05. The Bertz CT molecular complexity index is 226. The van der Waals surface area contributed by atoms with Crippen molar-refractivity contribution in [2.75, 3.05) is 6.61 Å². The molecule has 3 heteroatoms. The third-order valence-electron chi connectivity index (χ3n) is 3.46. The molecule has 0 N–H and O–H groups in total. The number of rotatable bonds is 15. The van der Waals surface area contributed by atoms with E-state index in [1.807, 2.05) is 0 Å². The van der Waals surface area contributed by atoms with Crippen molar-refractivity contribution < 1.29 is 14.3 Å². The molecule has 0 heterocycles. The monoisotopic (exact) mass is 284 g/mol. The first-order chi connectivity index (χ1) is 9.81. The minimum absolute atomic E-state index is 0.0635. The maximum absolute atomic E-state index is 11.4. The Hall–Kier alpha value is -0.860. The van der Waals surface area contributed by atoms with E-state index in [1.54, 1.807) is 0 Å². The third kappa shape index (κ3) is 15.2. The van der Waals surface area contributed by atoms with E-state index in [4.69, 9.17) is 4.74 Å². The van der Waals surface area contributed by atoms with Gasteiger partial charge in [0.1, 0.15) is 6.29 Å². The Morgan fingerprint density at radius 1 is 0.850 bits per heavy atom. The fraction of sp³-hybridized carbons (Fsp3) is 0.882. The summed E-state index contributed by atoms with van der Waals surface area (Å²) in [5, 5.41) is 0. The van der Waals surface area contributed by atoms with Gasteiger partial charge in [-0.15, -0.1) is 0 Å². The summed E-state index contributed by atoms with van der Waals surface area (Å²) in [6.07, 6.45) is 14.7. The Morgan fingerprint density at radius 2 is 1.45 bits per heavy atom. The van der Waals surface area contributed by atoms with Gasteiger partial charge < -0.3 is 9.53 Å². The number of hydrogen-bond donors (Lipinski definition) is 0. The molecule has 0 rings (SSSR count). The number of aldehydes is 1. The van der Waals surface area contributed by atoms with Gasteiger partial charge >= 0.3 is 5.97 Å². The molecule has 0 bridgehead atoms. The van der Waals surface area contributed by atoms with Crippen molar-refractivity contribution >= 4 is 12.3 Å². The van der Waals surface area contributed by atoms with Gasteiger partial charge in [-0.1, -0.05) is 58.3 Å². The van der Waals surface area contributed by atoms with Gasteiger partial charge in [-0.2, -0.15) is 0 Å². The second-order valence-electron chi connectivity index (χ2n) is 5.46. The van der Waals surface area contributed by atoms with Gasteiger partial charge in [0, 0.05) is 12.8 Å². The van der Waals surface area contributed by atoms with Crippen LogP contribution in [0.1, 0.15) is 90.4 Å². The number of carbonyl (C=O) groups excluding carboxylic acids is 2. The zero-order valence-electron chi connectivity index (χ0n) is 13.2. The fourth-order valence-electron chi connectivity index (χ4n) is 2.17. The molecule has 0 fully saturated rings. The first kappa shape index (κ1) is 19.1. The van der Waals surface area contributed by atoms with Gasteiger partial charge in [0.05, 0.1) is 6.61 Å². The minimum atomic E-state index is -0.0635. The average molecular weight is 284 g/mol. The van der Waals surface area contributed by atoms with Crippen LogP contribution < -0.4 is 0 Å². The molecule has 3 nitrogen and oxygen atoms in total. The Kier molecular flexibility index (Phi) is 15.5. The quantitative estimate of drug-likeness (QED) is 0.246. The molecule has 20 heavy (non-hydrogen) atoms. The van der Waals surface area contributed by atoms with Crippen LogP contribution in [0.15, 0.2) is 0 Å². The fourth-order valence-corrected chi connectivity index (χ4v) is 2.17. The molecule has 0 aromatic heterocycles. The van der Waals surface area contributed by atoms with Gasteiger partial charge in [0.15, 0.2) is 0 Å². The number of carbonyl (C=O) groups is 2. The molecule has 118 valence electrons. The lowest BCUT2D eigenvalue weighted by molar-refractivity contribution is -0.143. The first-order valence-electron chi connectivity index (χ1n) is 8.40. The van der Waals surface area contributed by atoms with Gasteiger partial charge in [-0.25, -0.2) is 0 Å². The predicted molar refractivity (Wildman–Crippen MR) is 82.7 cm³/mol. The zero-order valence-corrected chi connectivity index (χ0v) is 13.2. The lowest BCUT2D eigenvalue weighted by atomic mass is 10.1. The van der Waals surface area contributed by atoms with Gasteiger partial charge in [0.25, 0.3) is 0 Å². The van der Waals surface area contributed by atoms with Crippen molar-refractivity contribution in [2.24, 2.45) is 0 Å². The van der Waals surface area contributed by atoms with Crippen molar-refractivity contribution in [3.05, 3.63) is 0 Å². The maximum Gasteiger partial charge on any atom is 0.305 e. The number of unbranched alkanes of at least 4 members (excludes halogenated alkanes) is 10. The summed E-state index contributed by atoms with van der Waals surface area (Å²) in [4.78, 5) is 21.5. The van der Waals surface area contributed by atoms with E-state index >= 15 is 0 Å². The van der Waals surface area contributed by atoms with E-state index in [1.165, 1.54) is 38.5 Å². The molecular weight excluding hydrogens is 252 g/mol. The summed E-state index contributed by atoms with van der Waals surface area (Å²) in [7, 11) is 0. The summed E-state index contributed by atoms with van der Waals surface area (Å²) in [5.41, 5.74) is 0. The van der Waals surface area contributed by atoms with Crippen LogP contribution in [0.2, 0.25) is 0 Å². The highest BCUT2D eigenvalue weighted by Gasteiger charge is 2.02. The van der Waals surface area contributed by atoms with Crippen LogP contribution in [-0.2, 0) is 14.3 Å². The van der Waals surface area contributed by atoms with Crippen LogP contribution in [0.3, 0.4) is 0 Å². The summed E-state index contributed by atoms with van der Waals surface area (Å²) in [6, 6.07) is 0.